The molecule has 17 heavy (non-hydrogen) atoms. The number of hydrogen-bond acceptors (Lipinski definition) is 2. The fraction of sp³-hybridized carbons (Fsp3) is 0.167. The zero-order chi connectivity index (χ0) is 12.6. The quantitative estimate of drug-likeness (QED) is 0.660. The summed E-state index contributed by atoms with van der Waals surface area (Å²) in [5.74, 6) is -0.348. The van der Waals surface area contributed by atoms with Crippen molar-refractivity contribution in [2.24, 2.45) is 7.05 Å². The van der Waals surface area contributed by atoms with Crippen LogP contribution in [0.4, 0.5) is 4.79 Å². The molecule has 0 spiro atoms. The molecular weight excluding hydrogens is 218 g/mol. The number of nitrogens with one attached hydrogen (secondary N) is 2. The van der Waals surface area contributed by atoms with E-state index in [0.29, 0.717) is 0 Å². The standard InChI is InChI=1S/C12H13N3O2/c1-4-5-8-7(2)15(3)6-9(8)10-11(16)14-12(17)13-10/h4-6,10H,1-2H2,3H3,(H2,13,14,16,17)/b8-5+. The second-order valence-electron chi connectivity index (χ2n) is 3.85. The van der Waals surface area contributed by atoms with Crippen molar-refractivity contribution in [1.29, 1.82) is 0 Å². The van der Waals surface area contributed by atoms with Crippen molar-refractivity contribution in [2.45, 2.75) is 6.04 Å². The van der Waals surface area contributed by atoms with E-state index in [-0.39, 0.29) is 5.91 Å². The third-order valence-corrected chi connectivity index (χ3v) is 2.75. The van der Waals surface area contributed by atoms with Gasteiger partial charge in [-0.15, -0.1) is 0 Å². The van der Waals surface area contributed by atoms with E-state index in [1.807, 2.05) is 11.6 Å². The highest BCUT2D eigenvalue weighted by Crippen LogP contribution is 2.11. The summed E-state index contributed by atoms with van der Waals surface area (Å²) in [5, 5.41) is 6.35. The van der Waals surface area contributed by atoms with E-state index in [0.717, 1.165) is 16.1 Å². The van der Waals surface area contributed by atoms with Crippen molar-refractivity contribution in [3.63, 3.8) is 0 Å². The number of amides is 3. The molecule has 2 rings (SSSR count). The number of hydrogen-bond donors (Lipinski definition) is 2. The van der Waals surface area contributed by atoms with Crippen molar-refractivity contribution in [2.75, 3.05) is 0 Å². The van der Waals surface area contributed by atoms with Gasteiger partial charge in [-0.05, 0) is 0 Å². The first kappa shape index (κ1) is 11.2. The summed E-state index contributed by atoms with van der Waals surface area (Å²) in [4.78, 5) is 22.7. The number of imide groups is 1. The second-order valence-corrected chi connectivity index (χ2v) is 3.85. The molecule has 5 nitrogen and oxygen atoms in total. The van der Waals surface area contributed by atoms with Crippen LogP contribution in [0.3, 0.4) is 0 Å². The number of rotatable bonds is 2. The lowest BCUT2D eigenvalue weighted by Gasteiger charge is -2.03. The molecule has 1 aliphatic heterocycles. The molecule has 2 heterocycles. The Bertz CT molecular complexity index is 612. The molecule has 1 fully saturated rings. The maximum Gasteiger partial charge on any atom is 0.322 e. The van der Waals surface area contributed by atoms with Gasteiger partial charge in [0.15, 0.2) is 0 Å². The summed E-state index contributed by atoms with van der Waals surface area (Å²) in [6.45, 7) is 7.54. The highest BCUT2D eigenvalue weighted by molar-refractivity contribution is 6.04. The van der Waals surface area contributed by atoms with Crippen molar-refractivity contribution >= 4 is 24.6 Å². The summed E-state index contributed by atoms with van der Waals surface area (Å²) in [6.07, 6.45) is 5.19. The summed E-state index contributed by atoms with van der Waals surface area (Å²) in [7, 11) is 1.83. The molecular formula is C12H13N3O2. The molecule has 0 aliphatic carbocycles. The number of allylic oxidation sites excluding steroid dienone is 1. The fourth-order valence-corrected chi connectivity index (χ4v) is 1.89. The van der Waals surface area contributed by atoms with E-state index in [4.69, 9.17) is 0 Å². The van der Waals surface area contributed by atoms with Gasteiger partial charge in [0.25, 0.3) is 5.91 Å². The Hall–Kier alpha value is -2.30. The van der Waals surface area contributed by atoms with Gasteiger partial charge in [0.1, 0.15) is 6.04 Å². The van der Waals surface area contributed by atoms with Gasteiger partial charge in [0, 0.05) is 29.4 Å². The fourth-order valence-electron chi connectivity index (χ4n) is 1.89. The van der Waals surface area contributed by atoms with E-state index in [1.54, 1.807) is 18.3 Å². The largest absolute Gasteiger partial charge is 0.351 e. The van der Waals surface area contributed by atoms with Crippen LogP contribution in [0, 0.1) is 0 Å². The molecule has 1 aliphatic rings. The van der Waals surface area contributed by atoms with Gasteiger partial charge in [-0.2, -0.15) is 0 Å². The van der Waals surface area contributed by atoms with Crippen LogP contribution in [0.2, 0.25) is 0 Å². The SMILES string of the molecule is C=C/C=c1/c(C2NC(=O)NC2=O)cn(C)c1=C. The van der Waals surface area contributed by atoms with Crippen molar-refractivity contribution in [3.8, 4) is 0 Å². The third kappa shape index (κ3) is 1.75. The molecule has 1 atom stereocenters. The number of nitrogens with zero attached hydrogens (tertiary/aromatic N) is 1. The van der Waals surface area contributed by atoms with Gasteiger partial charge >= 0.3 is 6.03 Å². The number of carbonyl (C=O) groups excluding carboxylic acids is 2. The smallest absolute Gasteiger partial charge is 0.322 e. The first-order chi connectivity index (χ1) is 8.04. The minimum absolute atomic E-state index is 0.348. The van der Waals surface area contributed by atoms with Crippen LogP contribution < -0.4 is 21.2 Å². The van der Waals surface area contributed by atoms with E-state index in [1.165, 1.54) is 0 Å². The zero-order valence-electron chi connectivity index (χ0n) is 9.49. The van der Waals surface area contributed by atoms with Crippen LogP contribution in [-0.2, 0) is 11.8 Å². The molecule has 1 aromatic heterocycles. The number of aromatic nitrogens is 1. The predicted molar refractivity (Wildman–Crippen MR) is 64.3 cm³/mol. The minimum atomic E-state index is -0.657. The lowest BCUT2D eigenvalue weighted by atomic mass is 10.1. The van der Waals surface area contributed by atoms with Crippen molar-refractivity contribution < 1.29 is 9.59 Å². The first-order valence-corrected chi connectivity index (χ1v) is 5.13. The monoisotopic (exact) mass is 231 g/mol. The highest BCUT2D eigenvalue weighted by Gasteiger charge is 2.32. The van der Waals surface area contributed by atoms with Gasteiger partial charge in [-0.1, -0.05) is 25.3 Å². The summed E-state index contributed by atoms with van der Waals surface area (Å²) in [5.41, 5.74) is 0.723. The molecule has 0 saturated carbocycles. The molecule has 3 amide bonds. The molecule has 0 bridgehead atoms. The number of aryl methyl sites for hydroxylation is 1. The predicted octanol–water partition coefficient (Wildman–Crippen LogP) is -0.718. The Morgan fingerprint density at radius 2 is 2.18 bits per heavy atom. The number of carbonyl (C=O) groups is 2. The Kier molecular flexibility index (Phi) is 2.59. The molecule has 1 unspecified atom stereocenters. The maximum absolute atomic E-state index is 11.6. The van der Waals surface area contributed by atoms with Crippen LogP contribution >= 0.6 is 0 Å². The summed E-state index contributed by atoms with van der Waals surface area (Å²) >= 11 is 0. The van der Waals surface area contributed by atoms with Crippen LogP contribution in [0.1, 0.15) is 11.6 Å². The Labute approximate surface area is 98.1 Å². The first-order valence-electron chi connectivity index (χ1n) is 5.13. The average molecular weight is 231 g/mol. The van der Waals surface area contributed by atoms with E-state index < -0.39 is 12.1 Å². The maximum atomic E-state index is 11.6. The Morgan fingerprint density at radius 1 is 1.47 bits per heavy atom. The third-order valence-electron chi connectivity index (χ3n) is 2.75. The highest BCUT2D eigenvalue weighted by atomic mass is 16.2. The topological polar surface area (TPSA) is 63.1 Å². The normalized spacial score (nSPS) is 20.3. The van der Waals surface area contributed by atoms with Crippen molar-refractivity contribution in [1.82, 2.24) is 15.2 Å². The minimum Gasteiger partial charge on any atom is -0.351 e. The summed E-state index contributed by atoms with van der Waals surface area (Å²) < 4.78 is 1.81. The Balaban J connectivity index is 2.61. The molecule has 88 valence electrons. The summed E-state index contributed by atoms with van der Waals surface area (Å²) in [6, 6.07) is -1.13. The number of urea groups is 1. The Morgan fingerprint density at radius 3 is 2.71 bits per heavy atom. The molecule has 1 saturated heterocycles. The second kappa shape index (κ2) is 3.93. The molecule has 5 heteroatoms. The van der Waals surface area contributed by atoms with Crippen LogP contribution in [0.25, 0.3) is 12.7 Å². The van der Waals surface area contributed by atoms with Gasteiger partial charge in [0.2, 0.25) is 0 Å². The van der Waals surface area contributed by atoms with Gasteiger partial charge < -0.3 is 9.88 Å². The van der Waals surface area contributed by atoms with Gasteiger partial charge in [-0.25, -0.2) is 4.79 Å². The molecule has 1 aromatic rings. The van der Waals surface area contributed by atoms with Crippen LogP contribution in [0.5, 0.6) is 0 Å². The molecule has 0 aromatic carbocycles. The molecule has 2 N–H and O–H groups in total. The van der Waals surface area contributed by atoms with Gasteiger partial charge in [-0.3, -0.25) is 10.1 Å². The average Bonchev–Trinajstić information content (AvgIpc) is 2.73. The van der Waals surface area contributed by atoms with E-state index in [2.05, 4.69) is 23.8 Å². The zero-order valence-corrected chi connectivity index (χ0v) is 9.49. The lowest BCUT2D eigenvalue weighted by Crippen LogP contribution is -2.31. The van der Waals surface area contributed by atoms with Gasteiger partial charge in [0.05, 0.1) is 0 Å². The van der Waals surface area contributed by atoms with Crippen molar-refractivity contribution in [3.05, 3.63) is 35.0 Å². The van der Waals surface area contributed by atoms with E-state index in [9.17, 15) is 9.59 Å². The van der Waals surface area contributed by atoms with Crippen LogP contribution in [0.15, 0.2) is 18.9 Å². The molecule has 0 radical (unpaired) electrons. The van der Waals surface area contributed by atoms with E-state index >= 15 is 0 Å². The van der Waals surface area contributed by atoms with Crippen LogP contribution in [-0.4, -0.2) is 16.5 Å². The lowest BCUT2D eigenvalue weighted by molar-refractivity contribution is -0.120.